The molecule has 1 aromatic carbocycles. The molecule has 7 heteroatoms. The van der Waals surface area contributed by atoms with Gasteiger partial charge >= 0.3 is 0 Å². The average Bonchev–Trinajstić information content (AvgIpc) is 3.24. The summed E-state index contributed by atoms with van der Waals surface area (Å²) < 4.78 is 0. The fourth-order valence-corrected chi connectivity index (χ4v) is 4.65. The van der Waals surface area contributed by atoms with Gasteiger partial charge in [0.05, 0.1) is 0 Å². The van der Waals surface area contributed by atoms with Crippen molar-refractivity contribution in [3.63, 3.8) is 0 Å². The van der Waals surface area contributed by atoms with Crippen LogP contribution in [0.4, 0.5) is 5.69 Å². The molecule has 6 nitrogen and oxygen atoms in total. The molecule has 1 fully saturated rings. The molecule has 0 saturated heterocycles. The average molecular weight is 456 g/mol. The van der Waals surface area contributed by atoms with Gasteiger partial charge in [-0.2, -0.15) is 0 Å². The van der Waals surface area contributed by atoms with Crippen LogP contribution in [0.1, 0.15) is 64.8 Å². The molecular weight excluding hydrogens is 426 g/mol. The summed E-state index contributed by atoms with van der Waals surface area (Å²) in [7, 11) is 0. The van der Waals surface area contributed by atoms with E-state index in [0.717, 1.165) is 36.9 Å². The molecule has 1 aliphatic carbocycles. The Morgan fingerprint density at radius 1 is 1.22 bits per heavy atom. The number of H-pyrrole nitrogens is 1. The Bertz CT molecular complexity index is 1100. The Balaban J connectivity index is 1.92. The second-order valence-corrected chi connectivity index (χ2v) is 8.85. The lowest BCUT2D eigenvalue weighted by molar-refractivity contribution is -0.118. The summed E-state index contributed by atoms with van der Waals surface area (Å²) in [6, 6.07) is 5.31. The third kappa shape index (κ3) is 5.13. The van der Waals surface area contributed by atoms with Crippen molar-refractivity contribution in [2.45, 2.75) is 65.5 Å². The highest BCUT2D eigenvalue weighted by Gasteiger charge is 2.30. The molecular formula is C25H30ClN3O3. The fourth-order valence-electron chi connectivity index (χ4n) is 4.43. The summed E-state index contributed by atoms with van der Waals surface area (Å²) in [6.45, 7) is 9.28. The number of carbonyl (C=O) groups excluding carboxylic acids is 2. The van der Waals surface area contributed by atoms with Gasteiger partial charge in [-0.05, 0) is 62.9 Å². The smallest absolute Gasteiger partial charge is 0.253 e. The molecule has 0 spiro atoms. The second kappa shape index (κ2) is 10.2. The number of amides is 2. The zero-order valence-corrected chi connectivity index (χ0v) is 19.6. The maximum absolute atomic E-state index is 13.1. The van der Waals surface area contributed by atoms with Gasteiger partial charge < -0.3 is 15.2 Å². The topological polar surface area (TPSA) is 82.3 Å². The molecule has 1 aliphatic rings. The minimum absolute atomic E-state index is 0.0505. The van der Waals surface area contributed by atoms with Crippen LogP contribution in [-0.4, -0.2) is 22.8 Å². The van der Waals surface area contributed by atoms with Crippen molar-refractivity contribution >= 4 is 29.1 Å². The van der Waals surface area contributed by atoms with E-state index in [4.69, 9.17) is 11.6 Å². The number of aryl methyl sites for hydroxylation is 2. The summed E-state index contributed by atoms with van der Waals surface area (Å²) in [6.07, 6.45) is 5.80. The highest BCUT2D eigenvalue weighted by Crippen LogP contribution is 2.34. The van der Waals surface area contributed by atoms with E-state index in [0.29, 0.717) is 27.4 Å². The van der Waals surface area contributed by atoms with Crippen molar-refractivity contribution in [1.29, 1.82) is 0 Å². The number of pyridine rings is 1. The standard InChI is InChI=1S/C25H30ClN3O3/c1-5-8-23(30)29(19-9-6-7-10-19)22-13-18(26)12-20(17(22)4)24(31)27-14-21-15(2)11-16(3)28-25(21)32/h5,11-13,19H,1,6-10,14H2,2-4H3,(H,27,31)(H,28,32). The van der Waals surface area contributed by atoms with Gasteiger partial charge in [-0.3, -0.25) is 14.4 Å². The third-order valence-electron chi connectivity index (χ3n) is 6.05. The largest absolute Gasteiger partial charge is 0.348 e. The van der Waals surface area contributed by atoms with Crippen LogP contribution in [0, 0.1) is 20.8 Å². The van der Waals surface area contributed by atoms with Crippen LogP contribution in [0.5, 0.6) is 0 Å². The first-order valence-corrected chi connectivity index (χ1v) is 11.3. The van der Waals surface area contributed by atoms with Crippen LogP contribution in [-0.2, 0) is 11.3 Å². The Hall–Kier alpha value is -2.86. The molecule has 32 heavy (non-hydrogen) atoms. The minimum atomic E-state index is -0.340. The summed E-state index contributed by atoms with van der Waals surface area (Å²) in [5.41, 5.74) is 3.62. The summed E-state index contributed by atoms with van der Waals surface area (Å²) in [5.74, 6) is -0.390. The molecule has 0 aliphatic heterocycles. The summed E-state index contributed by atoms with van der Waals surface area (Å²) in [5, 5.41) is 3.22. The van der Waals surface area contributed by atoms with Gasteiger partial charge in [0.1, 0.15) is 0 Å². The third-order valence-corrected chi connectivity index (χ3v) is 6.26. The molecule has 1 heterocycles. The van der Waals surface area contributed by atoms with E-state index >= 15 is 0 Å². The number of aromatic amines is 1. The normalized spacial score (nSPS) is 13.8. The molecule has 0 unspecified atom stereocenters. The highest BCUT2D eigenvalue weighted by atomic mass is 35.5. The first kappa shape index (κ1) is 23.8. The van der Waals surface area contributed by atoms with Crippen LogP contribution < -0.4 is 15.8 Å². The van der Waals surface area contributed by atoms with E-state index in [-0.39, 0.29) is 36.4 Å². The fraction of sp³-hybridized carbons (Fsp3) is 0.400. The van der Waals surface area contributed by atoms with Crippen molar-refractivity contribution in [3.8, 4) is 0 Å². The first-order chi connectivity index (χ1) is 15.2. The number of hydrogen-bond donors (Lipinski definition) is 2. The van der Waals surface area contributed by atoms with Gasteiger partial charge in [0.2, 0.25) is 5.91 Å². The molecule has 2 amide bonds. The number of nitrogens with zero attached hydrogens (tertiary/aromatic N) is 1. The molecule has 0 bridgehead atoms. The molecule has 0 radical (unpaired) electrons. The molecule has 1 saturated carbocycles. The van der Waals surface area contributed by atoms with Gasteiger partial charge in [0.25, 0.3) is 11.5 Å². The molecule has 0 atom stereocenters. The van der Waals surface area contributed by atoms with Crippen LogP contribution in [0.15, 0.2) is 35.6 Å². The second-order valence-electron chi connectivity index (χ2n) is 8.42. The van der Waals surface area contributed by atoms with Gasteiger partial charge in [-0.15, -0.1) is 6.58 Å². The zero-order chi connectivity index (χ0) is 23.4. The van der Waals surface area contributed by atoms with E-state index in [1.54, 1.807) is 23.1 Å². The number of anilines is 1. The van der Waals surface area contributed by atoms with Crippen molar-refractivity contribution in [1.82, 2.24) is 10.3 Å². The highest BCUT2D eigenvalue weighted by molar-refractivity contribution is 6.31. The van der Waals surface area contributed by atoms with Crippen LogP contribution >= 0.6 is 11.6 Å². The van der Waals surface area contributed by atoms with E-state index in [1.165, 1.54) is 0 Å². The molecule has 3 rings (SSSR count). The lowest BCUT2D eigenvalue weighted by Gasteiger charge is -2.31. The lowest BCUT2D eigenvalue weighted by Crippen LogP contribution is -2.39. The molecule has 2 aromatic rings. The molecule has 170 valence electrons. The van der Waals surface area contributed by atoms with E-state index in [2.05, 4.69) is 16.9 Å². The van der Waals surface area contributed by atoms with Crippen LogP contribution in [0.2, 0.25) is 5.02 Å². The van der Waals surface area contributed by atoms with Gasteiger partial charge in [-0.1, -0.05) is 30.5 Å². The van der Waals surface area contributed by atoms with Crippen LogP contribution in [0.3, 0.4) is 0 Å². The van der Waals surface area contributed by atoms with Crippen molar-refractivity contribution in [3.05, 3.63) is 74.2 Å². The molecule has 2 N–H and O–H groups in total. The Morgan fingerprint density at radius 3 is 2.53 bits per heavy atom. The minimum Gasteiger partial charge on any atom is -0.348 e. The number of carbonyl (C=O) groups is 2. The number of halogens is 1. The van der Waals surface area contributed by atoms with Crippen molar-refractivity contribution < 1.29 is 9.59 Å². The van der Waals surface area contributed by atoms with Gasteiger partial charge in [0.15, 0.2) is 0 Å². The Morgan fingerprint density at radius 2 is 1.91 bits per heavy atom. The number of aromatic nitrogens is 1. The number of rotatable bonds is 7. The molecule has 1 aromatic heterocycles. The number of benzene rings is 1. The Kier molecular flexibility index (Phi) is 7.56. The first-order valence-electron chi connectivity index (χ1n) is 10.9. The maximum atomic E-state index is 13.1. The van der Waals surface area contributed by atoms with E-state index < -0.39 is 0 Å². The maximum Gasteiger partial charge on any atom is 0.253 e. The lowest BCUT2D eigenvalue weighted by atomic mass is 10.0. The quantitative estimate of drug-likeness (QED) is 0.592. The van der Waals surface area contributed by atoms with Gasteiger partial charge in [0, 0.05) is 46.5 Å². The van der Waals surface area contributed by atoms with Crippen molar-refractivity contribution in [2.75, 3.05) is 4.90 Å². The van der Waals surface area contributed by atoms with E-state index in [1.807, 2.05) is 26.8 Å². The van der Waals surface area contributed by atoms with Crippen LogP contribution in [0.25, 0.3) is 0 Å². The predicted octanol–water partition coefficient (Wildman–Crippen LogP) is 4.74. The Labute approximate surface area is 193 Å². The zero-order valence-electron chi connectivity index (χ0n) is 18.9. The SMILES string of the molecule is C=CCC(=O)N(c1cc(Cl)cc(C(=O)NCc2c(C)cc(C)[nH]c2=O)c1C)C1CCCC1. The number of hydrogen-bond acceptors (Lipinski definition) is 3. The van der Waals surface area contributed by atoms with E-state index in [9.17, 15) is 14.4 Å². The predicted molar refractivity (Wildman–Crippen MR) is 128 cm³/mol. The van der Waals surface area contributed by atoms with Gasteiger partial charge in [-0.25, -0.2) is 0 Å². The number of nitrogens with one attached hydrogen (secondary N) is 2. The van der Waals surface area contributed by atoms with Crippen molar-refractivity contribution in [2.24, 2.45) is 0 Å². The monoisotopic (exact) mass is 455 g/mol. The summed E-state index contributed by atoms with van der Waals surface area (Å²) in [4.78, 5) is 42.9. The summed E-state index contributed by atoms with van der Waals surface area (Å²) >= 11 is 6.39.